The van der Waals surface area contributed by atoms with Gasteiger partial charge in [-0.15, -0.1) is 0 Å². The molecule has 0 aliphatic carbocycles. The molecule has 1 aliphatic rings. The average molecular weight is 310 g/mol. The van der Waals surface area contributed by atoms with E-state index < -0.39 is 0 Å². The summed E-state index contributed by atoms with van der Waals surface area (Å²) in [6, 6.07) is 15.6. The van der Waals surface area contributed by atoms with Crippen LogP contribution in [0.5, 0.6) is 0 Å². The van der Waals surface area contributed by atoms with E-state index in [-0.39, 0.29) is 0 Å². The molecule has 0 unspecified atom stereocenters. The molecule has 0 radical (unpaired) electrons. The zero-order chi connectivity index (χ0) is 15.7. The van der Waals surface area contributed by atoms with Crippen molar-refractivity contribution in [3.63, 3.8) is 0 Å². The molecule has 0 atom stereocenters. The van der Waals surface area contributed by atoms with Crippen LogP contribution in [0.4, 0.5) is 0 Å². The molecule has 1 aliphatic heterocycles. The summed E-state index contributed by atoms with van der Waals surface area (Å²) in [5, 5.41) is 0. The minimum Gasteiger partial charge on any atom is -0.331 e. The zero-order valence-corrected chi connectivity index (χ0v) is 14.7. The molecule has 1 nitrogen and oxygen atoms in total. The summed E-state index contributed by atoms with van der Waals surface area (Å²) in [6.45, 7) is 3.33. The third-order valence-electron chi connectivity index (χ3n) is 3.97. The molecule has 1 heterocycles. The highest BCUT2D eigenvalue weighted by Crippen LogP contribution is 2.45. The van der Waals surface area contributed by atoms with Gasteiger partial charge in [0, 0.05) is 16.2 Å². The van der Waals surface area contributed by atoms with E-state index in [4.69, 9.17) is 0 Å². The van der Waals surface area contributed by atoms with Crippen LogP contribution in [0.15, 0.2) is 58.3 Å². The highest BCUT2D eigenvalue weighted by atomic mass is 32.2. The number of benzene rings is 2. The number of aryl methyl sites for hydroxylation is 1. The van der Waals surface area contributed by atoms with Crippen molar-refractivity contribution in [1.29, 1.82) is 0 Å². The van der Waals surface area contributed by atoms with Gasteiger partial charge in [-0.3, -0.25) is 0 Å². The first-order valence-corrected chi connectivity index (χ1v) is 8.64. The number of hydrogen-bond donors (Lipinski definition) is 0. The lowest BCUT2D eigenvalue weighted by Gasteiger charge is -2.25. The first kappa shape index (κ1) is 15.4. The van der Waals surface area contributed by atoms with Gasteiger partial charge in [0.25, 0.3) is 0 Å². The van der Waals surface area contributed by atoms with E-state index in [1.54, 1.807) is 0 Å². The van der Waals surface area contributed by atoms with Crippen LogP contribution in [0.1, 0.15) is 23.1 Å². The van der Waals surface area contributed by atoms with Gasteiger partial charge in [0.15, 0.2) is 0 Å². The van der Waals surface area contributed by atoms with Crippen LogP contribution in [0.25, 0.3) is 5.57 Å². The van der Waals surface area contributed by atoms with Gasteiger partial charge in [0.2, 0.25) is 0 Å². The first-order chi connectivity index (χ1) is 10.4. The fraction of sp³-hybridized carbons (Fsp3) is 0.300. The molecule has 0 aromatic heterocycles. The lowest BCUT2D eigenvalue weighted by atomic mass is 9.95. The molecule has 2 heteroatoms. The van der Waals surface area contributed by atoms with Crippen LogP contribution in [0, 0.1) is 6.92 Å². The maximum Gasteiger partial charge on any atom is 0.0815 e. The molecule has 0 amide bonds. The predicted molar refractivity (Wildman–Crippen MR) is 96.3 cm³/mol. The van der Waals surface area contributed by atoms with Gasteiger partial charge in [-0.1, -0.05) is 53.7 Å². The van der Waals surface area contributed by atoms with E-state index in [2.05, 4.69) is 76.6 Å². The predicted octanol–water partition coefficient (Wildman–Crippen LogP) is 4.99. The Morgan fingerprint density at radius 2 is 1.68 bits per heavy atom. The summed E-state index contributed by atoms with van der Waals surface area (Å²) in [4.78, 5) is 2.75. The van der Waals surface area contributed by atoms with E-state index in [9.17, 15) is 0 Å². The van der Waals surface area contributed by atoms with E-state index >= 15 is 0 Å². The minimum absolute atomic E-state index is 1.00. The second kappa shape index (κ2) is 5.94. The maximum atomic E-state index is 2.43. The van der Waals surface area contributed by atoms with E-state index in [0.717, 1.165) is 17.4 Å². The van der Waals surface area contributed by atoms with Crippen LogP contribution in [0.2, 0.25) is 0 Å². The molecule has 0 bridgehead atoms. The average Bonchev–Trinajstić information content (AvgIpc) is 2.46. The number of fused-ring (bicyclic) bond motifs is 2. The SMILES string of the molecule is Cc1ccc2c(c1)/C(=C\CC[N+](C)(C)C)c1ccccc1S2. The van der Waals surface area contributed by atoms with Gasteiger partial charge in [-0.05, 0) is 35.8 Å². The third kappa shape index (κ3) is 3.29. The number of hydrogen-bond acceptors (Lipinski definition) is 1. The molecule has 3 rings (SSSR count). The van der Waals surface area contributed by atoms with Gasteiger partial charge in [0.05, 0.1) is 27.7 Å². The van der Waals surface area contributed by atoms with Gasteiger partial charge < -0.3 is 4.48 Å². The molecule has 0 fully saturated rings. The Hall–Kier alpha value is -1.51. The van der Waals surface area contributed by atoms with Crippen LogP contribution in [-0.4, -0.2) is 32.2 Å². The van der Waals surface area contributed by atoms with Gasteiger partial charge >= 0.3 is 0 Å². The van der Waals surface area contributed by atoms with E-state index in [1.165, 1.54) is 32.1 Å². The maximum absolute atomic E-state index is 2.43. The molecule has 114 valence electrons. The molecule has 0 N–H and O–H groups in total. The Labute approximate surface area is 138 Å². The summed E-state index contributed by atoms with van der Waals surface area (Å²) in [5.74, 6) is 0. The van der Waals surface area contributed by atoms with E-state index in [0.29, 0.717) is 0 Å². The van der Waals surface area contributed by atoms with Crippen LogP contribution < -0.4 is 0 Å². The van der Waals surface area contributed by atoms with Crippen molar-refractivity contribution in [2.24, 2.45) is 0 Å². The molecule has 22 heavy (non-hydrogen) atoms. The summed E-state index contributed by atoms with van der Waals surface area (Å²) < 4.78 is 1.00. The molecule has 0 saturated carbocycles. The monoisotopic (exact) mass is 310 g/mol. The van der Waals surface area contributed by atoms with E-state index in [1.807, 2.05) is 11.8 Å². The Morgan fingerprint density at radius 1 is 0.955 bits per heavy atom. The van der Waals surface area contributed by atoms with Crippen LogP contribution >= 0.6 is 11.8 Å². The summed E-state index contributed by atoms with van der Waals surface area (Å²) in [7, 11) is 6.75. The van der Waals surface area contributed by atoms with Crippen molar-refractivity contribution in [2.45, 2.75) is 23.1 Å². The molecule has 2 aromatic carbocycles. The van der Waals surface area contributed by atoms with Gasteiger partial charge in [-0.25, -0.2) is 0 Å². The standard InChI is InChI=1S/C20H24NS/c1-15-11-12-20-18(14-15)16(9-7-13-21(2,3)4)17-8-5-6-10-19(17)22-20/h5-6,8-12,14H,7,13H2,1-4H3/q+1/b16-9-. The summed E-state index contributed by atoms with van der Waals surface area (Å²) >= 11 is 1.89. The fourth-order valence-corrected chi connectivity index (χ4v) is 3.89. The van der Waals surface area contributed by atoms with Gasteiger partial charge in [-0.2, -0.15) is 0 Å². The highest BCUT2D eigenvalue weighted by Gasteiger charge is 2.20. The number of rotatable bonds is 3. The number of nitrogens with zero attached hydrogens (tertiary/aromatic N) is 1. The van der Waals surface area contributed by atoms with Gasteiger partial charge in [0.1, 0.15) is 0 Å². The quantitative estimate of drug-likeness (QED) is 0.614. The van der Waals surface area contributed by atoms with Crippen molar-refractivity contribution in [2.75, 3.05) is 27.7 Å². The highest BCUT2D eigenvalue weighted by molar-refractivity contribution is 7.99. The Morgan fingerprint density at radius 3 is 2.45 bits per heavy atom. The van der Waals surface area contributed by atoms with Crippen LogP contribution in [0.3, 0.4) is 0 Å². The largest absolute Gasteiger partial charge is 0.331 e. The molecule has 0 spiro atoms. The smallest absolute Gasteiger partial charge is 0.0815 e. The number of quaternary nitrogens is 1. The Bertz CT molecular complexity index is 723. The van der Waals surface area contributed by atoms with Crippen molar-refractivity contribution in [3.8, 4) is 0 Å². The topological polar surface area (TPSA) is 0 Å². The lowest BCUT2D eigenvalue weighted by Crippen LogP contribution is -2.34. The zero-order valence-electron chi connectivity index (χ0n) is 13.9. The second-order valence-electron chi connectivity index (χ2n) is 7.02. The molecular formula is C20H24NS+. The summed E-state index contributed by atoms with van der Waals surface area (Å²) in [6.07, 6.45) is 3.53. The fourth-order valence-electron chi connectivity index (χ4n) is 2.80. The van der Waals surface area contributed by atoms with Crippen LogP contribution in [-0.2, 0) is 0 Å². The van der Waals surface area contributed by atoms with Crippen molar-refractivity contribution < 1.29 is 4.48 Å². The third-order valence-corrected chi connectivity index (χ3v) is 5.12. The molecular weight excluding hydrogens is 286 g/mol. The van der Waals surface area contributed by atoms with Crippen molar-refractivity contribution in [3.05, 3.63) is 65.2 Å². The van der Waals surface area contributed by atoms with Crippen molar-refractivity contribution in [1.82, 2.24) is 0 Å². The summed E-state index contributed by atoms with van der Waals surface area (Å²) in [5.41, 5.74) is 5.51. The molecule has 2 aromatic rings. The Balaban J connectivity index is 2.04. The second-order valence-corrected chi connectivity index (χ2v) is 8.10. The lowest BCUT2D eigenvalue weighted by molar-refractivity contribution is -0.869. The first-order valence-electron chi connectivity index (χ1n) is 7.83. The van der Waals surface area contributed by atoms with Crippen molar-refractivity contribution >= 4 is 17.3 Å². The normalized spacial score (nSPS) is 15.5. The molecule has 0 saturated heterocycles. The Kier molecular flexibility index (Phi) is 4.16. The minimum atomic E-state index is 1.00.